The van der Waals surface area contributed by atoms with Crippen LogP contribution in [0.1, 0.15) is 89.8 Å². The average molecular weight is 436 g/mol. The van der Waals surface area contributed by atoms with E-state index in [9.17, 15) is 5.11 Å². The summed E-state index contributed by atoms with van der Waals surface area (Å²) in [6, 6.07) is 0. The summed E-state index contributed by atoms with van der Waals surface area (Å²) < 4.78 is 2.08. The molecule has 3 atom stereocenters. The number of nitrogens with two attached hydrogens (primary N) is 1. The highest BCUT2D eigenvalue weighted by Gasteiger charge is 2.55. The molecule has 6 nitrogen and oxygen atoms in total. The molecule has 4 saturated carbocycles. The number of nitrogens with zero attached hydrogens (tertiary/aromatic N) is 4. The van der Waals surface area contributed by atoms with Crippen LogP contribution in [0.5, 0.6) is 0 Å². The lowest BCUT2D eigenvalue weighted by Crippen LogP contribution is -2.56. The molecule has 32 heavy (non-hydrogen) atoms. The van der Waals surface area contributed by atoms with Crippen LogP contribution in [-0.2, 0) is 6.54 Å². The number of aliphatic hydroxyl groups is 1. The third-order valence-corrected chi connectivity index (χ3v) is 8.11. The van der Waals surface area contributed by atoms with Crippen molar-refractivity contribution in [2.24, 2.45) is 23.7 Å². The van der Waals surface area contributed by atoms with E-state index in [1.807, 2.05) is 6.33 Å². The maximum Gasteiger partial charge on any atom is 0.208 e. The second-order valence-corrected chi connectivity index (χ2v) is 10.6. The van der Waals surface area contributed by atoms with Crippen molar-refractivity contribution in [3.8, 4) is 11.8 Å². The van der Waals surface area contributed by atoms with Gasteiger partial charge in [-0.2, -0.15) is 0 Å². The molecule has 0 aliphatic heterocycles. The summed E-state index contributed by atoms with van der Waals surface area (Å²) in [5, 5.41) is 11.3. The van der Waals surface area contributed by atoms with Crippen molar-refractivity contribution >= 4 is 17.0 Å². The lowest BCUT2D eigenvalue weighted by molar-refractivity contribution is -0.152. The van der Waals surface area contributed by atoms with Crippen molar-refractivity contribution in [2.75, 3.05) is 5.73 Å². The van der Waals surface area contributed by atoms with E-state index >= 15 is 0 Å². The Labute approximate surface area is 191 Å². The van der Waals surface area contributed by atoms with E-state index in [2.05, 4.69) is 33.3 Å². The third-order valence-electron chi connectivity index (χ3n) is 8.11. The molecule has 0 spiro atoms. The predicted octanol–water partition coefficient (Wildman–Crippen LogP) is 4.70. The predicted molar refractivity (Wildman–Crippen MR) is 127 cm³/mol. The van der Waals surface area contributed by atoms with E-state index in [-0.39, 0.29) is 5.92 Å². The second-order valence-electron chi connectivity index (χ2n) is 10.6. The number of unbranched alkanes of at least 4 members (excludes halogenated alkanes) is 6. The van der Waals surface area contributed by atoms with Gasteiger partial charge in [0.1, 0.15) is 5.52 Å². The van der Waals surface area contributed by atoms with E-state index < -0.39 is 5.60 Å². The first kappa shape index (κ1) is 21.7. The molecule has 6 heteroatoms. The molecule has 3 N–H and O–H groups in total. The maximum absolute atomic E-state index is 11.3. The Hall–Kier alpha value is -2.13. The lowest BCUT2D eigenvalue weighted by atomic mass is 9.50. The van der Waals surface area contributed by atoms with Gasteiger partial charge in [0.25, 0.3) is 0 Å². The molecule has 0 aromatic carbocycles. The van der Waals surface area contributed by atoms with Gasteiger partial charge in [0.05, 0.1) is 17.8 Å². The monoisotopic (exact) mass is 435 g/mol. The Balaban J connectivity index is 1.28. The highest BCUT2D eigenvalue weighted by Crippen LogP contribution is 2.58. The second kappa shape index (κ2) is 9.02. The van der Waals surface area contributed by atoms with Crippen LogP contribution in [0.3, 0.4) is 0 Å². The lowest BCUT2D eigenvalue weighted by Gasteiger charge is -2.57. The molecule has 4 aliphatic rings. The summed E-state index contributed by atoms with van der Waals surface area (Å²) >= 11 is 0. The fourth-order valence-corrected chi connectivity index (χ4v) is 6.82. The Kier molecular flexibility index (Phi) is 6.11. The number of fused-ring (bicyclic) bond motifs is 1. The van der Waals surface area contributed by atoms with Crippen LogP contribution >= 0.6 is 0 Å². The first-order chi connectivity index (χ1) is 15.6. The number of imidazole rings is 1. The first-order valence-corrected chi connectivity index (χ1v) is 12.8. The highest BCUT2D eigenvalue weighted by molar-refractivity contribution is 5.81. The minimum Gasteiger partial charge on any atom is -0.389 e. The molecule has 0 radical (unpaired) electrons. The van der Waals surface area contributed by atoms with Crippen LogP contribution in [0.15, 0.2) is 6.33 Å². The molecule has 2 aromatic rings. The Morgan fingerprint density at radius 3 is 2.50 bits per heavy atom. The van der Waals surface area contributed by atoms with Gasteiger partial charge in [0.15, 0.2) is 11.5 Å². The van der Waals surface area contributed by atoms with Crippen LogP contribution in [0.2, 0.25) is 0 Å². The number of anilines is 1. The molecular weight excluding hydrogens is 398 g/mol. The number of nitrogen functional groups attached to an aromatic ring is 1. The quantitative estimate of drug-likeness (QED) is 0.463. The zero-order valence-electron chi connectivity index (χ0n) is 19.4. The van der Waals surface area contributed by atoms with Gasteiger partial charge in [-0.1, -0.05) is 51.4 Å². The van der Waals surface area contributed by atoms with Crippen LogP contribution in [0.25, 0.3) is 11.2 Å². The van der Waals surface area contributed by atoms with Gasteiger partial charge in [-0.15, -0.1) is 0 Å². The van der Waals surface area contributed by atoms with Gasteiger partial charge in [0, 0.05) is 6.54 Å². The molecule has 4 fully saturated rings. The van der Waals surface area contributed by atoms with Gasteiger partial charge < -0.3 is 15.4 Å². The zero-order valence-corrected chi connectivity index (χ0v) is 19.4. The van der Waals surface area contributed by atoms with E-state index in [1.54, 1.807) is 0 Å². The molecular formula is C26H37N5O. The average Bonchev–Trinajstić information content (AvgIpc) is 3.15. The Morgan fingerprint density at radius 1 is 1.06 bits per heavy atom. The van der Waals surface area contributed by atoms with Crippen molar-refractivity contribution < 1.29 is 5.11 Å². The Bertz CT molecular complexity index is 1000. The number of hydrogen-bond acceptors (Lipinski definition) is 5. The van der Waals surface area contributed by atoms with Crippen molar-refractivity contribution in [1.29, 1.82) is 0 Å². The third kappa shape index (κ3) is 4.24. The maximum atomic E-state index is 11.3. The normalized spacial score (nSPS) is 30.6. The van der Waals surface area contributed by atoms with Crippen LogP contribution in [-0.4, -0.2) is 30.2 Å². The fourth-order valence-electron chi connectivity index (χ4n) is 6.82. The molecule has 3 unspecified atom stereocenters. The van der Waals surface area contributed by atoms with E-state index in [0.717, 1.165) is 31.5 Å². The molecule has 2 heterocycles. The summed E-state index contributed by atoms with van der Waals surface area (Å²) in [7, 11) is 0. The van der Waals surface area contributed by atoms with Gasteiger partial charge in [0.2, 0.25) is 5.82 Å². The topological polar surface area (TPSA) is 89.9 Å². The minimum absolute atomic E-state index is 0.0356. The summed E-state index contributed by atoms with van der Waals surface area (Å²) in [5.41, 5.74) is 7.02. The standard InChI is InChI=1S/C26H37N5O/c1-2-3-4-5-6-7-8-11-31-17-28-23-24(27)29-22(30-25(23)31)10-9-21-20-13-18-12-19(14-20)16-26(21,32)15-18/h17-21,32H,2-8,11-16H2,1H3,(H2,27,29,30). The number of rotatable bonds is 8. The summed E-state index contributed by atoms with van der Waals surface area (Å²) in [5.74, 6) is 9.37. The van der Waals surface area contributed by atoms with E-state index in [4.69, 9.17) is 10.7 Å². The van der Waals surface area contributed by atoms with Crippen molar-refractivity contribution in [1.82, 2.24) is 19.5 Å². The molecule has 0 saturated heterocycles. The summed E-state index contributed by atoms with van der Waals surface area (Å²) in [4.78, 5) is 13.6. The van der Waals surface area contributed by atoms with Gasteiger partial charge in [-0.25, -0.2) is 15.0 Å². The minimum atomic E-state index is -0.615. The summed E-state index contributed by atoms with van der Waals surface area (Å²) in [6.45, 7) is 3.14. The van der Waals surface area contributed by atoms with Gasteiger partial charge >= 0.3 is 0 Å². The van der Waals surface area contributed by atoms with Crippen LogP contribution in [0.4, 0.5) is 5.82 Å². The smallest absolute Gasteiger partial charge is 0.208 e. The first-order valence-electron chi connectivity index (χ1n) is 12.8. The van der Waals surface area contributed by atoms with Crippen LogP contribution in [0, 0.1) is 35.5 Å². The van der Waals surface area contributed by atoms with Gasteiger partial charge in [-0.3, -0.25) is 0 Å². The number of aryl methyl sites for hydroxylation is 1. The molecule has 0 amide bonds. The van der Waals surface area contributed by atoms with Crippen molar-refractivity contribution in [3.63, 3.8) is 0 Å². The van der Waals surface area contributed by atoms with Crippen molar-refractivity contribution in [2.45, 2.75) is 96.1 Å². The van der Waals surface area contributed by atoms with Crippen LogP contribution < -0.4 is 5.73 Å². The molecule has 4 aliphatic carbocycles. The Morgan fingerprint density at radius 2 is 1.78 bits per heavy atom. The van der Waals surface area contributed by atoms with E-state index in [0.29, 0.717) is 34.9 Å². The number of hydrogen-bond donors (Lipinski definition) is 2. The molecule has 172 valence electrons. The van der Waals surface area contributed by atoms with Crippen molar-refractivity contribution in [3.05, 3.63) is 12.2 Å². The SMILES string of the molecule is CCCCCCCCCn1cnc2c(N)nc(C#CC3C4CC5CC(C4)CC3(O)C5)nc21. The molecule has 2 aromatic heterocycles. The molecule has 6 rings (SSSR count). The summed E-state index contributed by atoms with van der Waals surface area (Å²) in [6.07, 6.45) is 16.3. The highest BCUT2D eigenvalue weighted by atomic mass is 16.3. The largest absolute Gasteiger partial charge is 0.389 e. The fraction of sp³-hybridized carbons (Fsp3) is 0.731. The van der Waals surface area contributed by atoms with Gasteiger partial charge in [-0.05, 0) is 62.2 Å². The molecule has 4 bridgehead atoms. The number of aromatic nitrogens is 4. The van der Waals surface area contributed by atoms with E-state index in [1.165, 1.54) is 57.8 Å². The zero-order chi connectivity index (χ0) is 22.1.